The van der Waals surface area contributed by atoms with E-state index in [0.717, 1.165) is 11.1 Å². The van der Waals surface area contributed by atoms with Crippen molar-refractivity contribution >= 4 is 29.1 Å². The molecule has 0 heterocycles. The van der Waals surface area contributed by atoms with Crippen LogP contribution in [0.5, 0.6) is 0 Å². The summed E-state index contributed by atoms with van der Waals surface area (Å²) in [6, 6.07) is 13.5. The molecule has 1 N–H and O–H groups in total. The summed E-state index contributed by atoms with van der Waals surface area (Å²) in [5.41, 5.74) is 3.21. The fraction of sp³-hybridized carbons (Fsp3) is 0.235. The number of nitrogens with one attached hydrogen (secondary N) is 1. The van der Waals surface area contributed by atoms with Crippen LogP contribution in [0.4, 0.5) is 0 Å². The van der Waals surface area contributed by atoms with E-state index in [1.165, 1.54) is 5.56 Å². The van der Waals surface area contributed by atoms with Gasteiger partial charge in [0.1, 0.15) is 0 Å². The first-order valence-corrected chi connectivity index (χ1v) is 7.57. The summed E-state index contributed by atoms with van der Waals surface area (Å²) >= 11 is 12.1. The van der Waals surface area contributed by atoms with Gasteiger partial charge in [0.15, 0.2) is 0 Å². The summed E-state index contributed by atoms with van der Waals surface area (Å²) in [6.45, 7) is 2.59. The molecule has 4 heteroatoms. The Morgan fingerprint density at radius 2 is 1.76 bits per heavy atom. The lowest BCUT2D eigenvalue weighted by Crippen LogP contribution is -2.23. The van der Waals surface area contributed by atoms with Crippen molar-refractivity contribution in [1.29, 1.82) is 0 Å². The molecule has 0 aliphatic carbocycles. The molecule has 0 radical (unpaired) electrons. The second-order valence-corrected chi connectivity index (χ2v) is 5.70. The molecule has 2 nitrogen and oxygen atoms in total. The van der Waals surface area contributed by atoms with Crippen molar-refractivity contribution in [3.8, 4) is 0 Å². The molecule has 110 valence electrons. The van der Waals surface area contributed by atoms with E-state index in [0.29, 0.717) is 29.4 Å². The second-order valence-electron chi connectivity index (χ2n) is 4.92. The Kier molecular flexibility index (Phi) is 5.66. The zero-order valence-electron chi connectivity index (χ0n) is 11.8. The lowest BCUT2D eigenvalue weighted by atomic mass is 10.1. The summed E-state index contributed by atoms with van der Waals surface area (Å²) < 4.78 is 0. The maximum atomic E-state index is 11.9. The highest BCUT2D eigenvalue weighted by Gasteiger charge is 2.07. The van der Waals surface area contributed by atoms with Gasteiger partial charge in [-0.05, 0) is 36.1 Å². The van der Waals surface area contributed by atoms with E-state index in [-0.39, 0.29) is 5.91 Å². The van der Waals surface area contributed by atoms with Gasteiger partial charge < -0.3 is 5.32 Å². The molecule has 0 aromatic heterocycles. The highest BCUT2D eigenvalue weighted by molar-refractivity contribution is 6.42. The van der Waals surface area contributed by atoms with Crippen molar-refractivity contribution in [1.82, 2.24) is 5.32 Å². The van der Waals surface area contributed by atoms with Crippen LogP contribution in [0.1, 0.15) is 23.1 Å². The first-order valence-electron chi connectivity index (χ1n) is 6.82. The first-order chi connectivity index (χ1) is 10.1. The van der Waals surface area contributed by atoms with Gasteiger partial charge in [0.05, 0.1) is 10.0 Å². The van der Waals surface area contributed by atoms with Crippen molar-refractivity contribution < 1.29 is 4.79 Å². The van der Waals surface area contributed by atoms with Crippen LogP contribution in [-0.4, -0.2) is 5.91 Å². The van der Waals surface area contributed by atoms with E-state index in [1.807, 2.05) is 43.3 Å². The highest BCUT2D eigenvalue weighted by atomic mass is 35.5. The summed E-state index contributed by atoms with van der Waals surface area (Å²) in [5.74, 6) is 0.00861. The number of rotatable bonds is 5. The van der Waals surface area contributed by atoms with E-state index in [9.17, 15) is 4.79 Å². The van der Waals surface area contributed by atoms with Crippen LogP contribution in [0.3, 0.4) is 0 Å². The third kappa shape index (κ3) is 4.48. The van der Waals surface area contributed by atoms with E-state index in [2.05, 4.69) is 5.32 Å². The van der Waals surface area contributed by atoms with E-state index in [4.69, 9.17) is 23.2 Å². The molecule has 1 amide bonds. The zero-order valence-corrected chi connectivity index (χ0v) is 13.3. The van der Waals surface area contributed by atoms with Gasteiger partial charge in [-0.15, -0.1) is 0 Å². The van der Waals surface area contributed by atoms with Crippen LogP contribution in [0.15, 0.2) is 42.5 Å². The number of aryl methyl sites for hydroxylation is 2. The number of amides is 1. The Hall–Kier alpha value is -1.51. The van der Waals surface area contributed by atoms with Crippen molar-refractivity contribution in [3.63, 3.8) is 0 Å². The Morgan fingerprint density at radius 3 is 2.52 bits per heavy atom. The molecule has 2 aromatic carbocycles. The predicted octanol–water partition coefficient (Wildman–Crippen LogP) is 4.55. The minimum Gasteiger partial charge on any atom is -0.352 e. The lowest BCUT2D eigenvalue weighted by molar-refractivity contribution is -0.121. The van der Waals surface area contributed by atoms with Crippen LogP contribution in [-0.2, 0) is 17.8 Å². The Labute approximate surface area is 135 Å². The van der Waals surface area contributed by atoms with Gasteiger partial charge in [-0.1, -0.05) is 59.6 Å². The summed E-state index contributed by atoms with van der Waals surface area (Å²) in [6.07, 6.45) is 0.977. The van der Waals surface area contributed by atoms with Crippen LogP contribution in [0.2, 0.25) is 10.0 Å². The average molecular weight is 322 g/mol. The van der Waals surface area contributed by atoms with Gasteiger partial charge >= 0.3 is 0 Å². The molecule has 0 unspecified atom stereocenters. The van der Waals surface area contributed by atoms with Crippen molar-refractivity contribution in [2.24, 2.45) is 0 Å². The number of carbonyl (C=O) groups excluding carboxylic acids is 1. The Bertz CT molecular complexity index is 640. The van der Waals surface area contributed by atoms with Gasteiger partial charge in [-0.25, -0.2) is 0 Å². The minimum absolute atomic E-state index is 0.00861. The van der Waals surface area contributed by atoms with Gasteiger partial charge in [-0.2, -0.15) is 0 Å². The monoisotopic (exact) mass is 321 g/mol. The smallest absolute Gasteiger partial charge is 0.220 e. The molecule has 2 rings (SSSR count). The largest absolute Gasteiger partial charge is 0.352 e. The number of hydrogen-bond acceptors (Lipinski definition) is 1. The number of benzene rings is 2. The molecule has 0 spiro atoms. The normalized spacial score (nSPS) is 10.4. The van der Waals surface area contributed by atoms with Gasteiger partial charge in [0.2, 0.25) is 5.91 Å². The maximum absolute atomic E-state index is 11.9. The van der Waals surface area contributed by atoms with Crippen LogP contribution in [0, 0.1) is 6.92 Å². The van der Waals surface area contributed by atoms with E-state index >= 15 is 0 Å². The Balaban J connectivity index is 1.85. The number of hydrogen-bond donors (Lipinski definition) is 1. The molecule has 0 saturated heterocycles. The first kappa shape index (κ1) is 15.9. The van der Waals surface area contributed by atoms with E-state index in [1.54, 1.807) is 6.07 Å². The fourth-order valence-electron chi connectivity index (χ4n) is 2.08. The molecule has 0 aliphatic rings. The Morgan fingerprint density at radius 1 is 1.05 bits per heavy atom. The number of carbonyl (C=O) groups is 1. The standard InChI is InChI=1S/C17H17Cl2NO/c1-12-5-2-3-6-14(12)11-20-16(21)10-9-13-7-4-8-15(18)17(13)19/h2-8H,9-11H2,1H3,(H,20,21). The summed E-state index contributed by atoms with van der Waals surface area (Å²) in [4.78, 5) is 11.9. The molecule has 0 bridgehead atoms. The fourth-order valence-corrected chi connectivity index (χ4v) is 2.49. The summed E-state index contributed by atoms with van der Waals surface area (Å²) in [5, 5.41) is 3.98. The van der Waals surface area contributed by atoms with Crippen molar-refractivity contribution in [2.45, 2.75) is 26.3 Å². The molecule has 2 aromatic rings. The third-order valence-electron chi connectivity index (χ3n) is 3.39. The minimum atomic E-state index is 0.00861. The van der Waals surface area contributed by atoms with Crippen molar-refractivity contribution in [3.05, 3.63) is 69.2 Å². The topological polar surface area (TPSA) is 29.1 Å². The van der Waals surface area contributed by atoms with Crippen LogP contribution < -0.4 is 5.32 Å². The van der Waals surface area contributed by atoms with E-state index < -0.39 is 0 Å². The van der Waals surface area contributed by atoms with Gasteiger partial charge in [0.25, 0.3) is 0 Å². The maximum Gasteiger partial charge on any atom is 0.220 e. The van der Waals surface area contributed by atoms with Crippen LogP contribution >= 0.6 is 23.2 Å². The molecule has 0 saturated carbocycles. The molecular formula is C17H17Cl2NO. The number of halogens is 2. The van der Waals surface area contributed by atoms with Gasteiger partial charge in [0, 0.05) is 13.0 Å². The molecule has 21 heavy (non-hydrogen) atoms. The van der Waals surface area contributed by atoms with Crippen molar-refractivity contribution in [2.75, 3.05) is 0 Å². The average Bonchev–Trinajstić information content (AvgIpc) is 2.48. The molecule has 0 atom stereocenters. The lowest BCUT2D eigenvalue weighted by Gasteiger charge is -2.09. The zero-order chi connectivity index (χ0) is 15.2. The third-order valence-corrected chi connectivity index (χ3v) is 4.25. The predicted molar refractivity (Wildman–Crippen MR) is 87.8 cm³/mol. The van der Waals surface area contributed by atoms with Gasteiger partial charge in [-0.3, -0.25) is 4.79 Å². The second kappa shape index (κ2) is 7.48. The SMILES string of the molecule is Cc1ccccc1CNC(=O)CCc1cccc(Cl)c1Cl. The molecule has 0 fully saturated rings. The summed E-state index contributed by atoms with van der Waals surface area (Å²) in [7, 11) is 0. The molecule has 0 aliphatic heterocycles. The molecular weight excluding hydrogens is 305 g/mol. The highest BCUT2D eigenvalue weighted by Crippen LogP contribution is 2.26. The van der Waals surface area contributed by atoms with Crippen LogP contribution in [0.25, 0.3) is 0 Å². The quantitative estimate of drug-likeness (QED) is 0.859.